The normalized spacial score (nSPS) is 12.8. The van der Waals surface area contributed by atoms with Gasteiger partial charge in [0.15, 0.2) is 0 Å². The summed E-state index contributed by atoms with van der Waals surface area (Å²) < 4.78 is 12.1. The molecule has 0 N–H and O–H groups in total. The van der Waals surface area contributed by atoms with Gasteiger partial charge in [0.25, 0.3) is 0 Å². The van der Waals surface area contributed by atoms with Gasteiger partial charge in [0, 0.05) is 14.5 Å². The molecule has 0 aliphatic carbocycles. The Hall–Kier alpha value is -0.460. The van der Waals surface area contributed by atoms with Crippen LogP contribution in [0.15, 0.2) is 6.07 Å². The Morgan fingerprint density at radius 3 is 2.00 bits per heavy atom. The van der Waals surface area contributed by atoms with E-state index in [1.165, 1.54) is 52.9 Å². The third-order valence-electron chi connectivity index (χ3n) is 3.80. The van der Waals surface area contributed by atoms with E-state index in [9.17, 15) is 0 Å². The van der Waals surface area contributed by atoms with Crippen LogP contribution in [-0.2, 0) is 0 Å². The lowest BCUT2D eigenvalue weighted by Crippen LogP contribution is -1.64. The molecule has 0 spiro atoms. The van der Waals surface area contributed by atoms with Crippen LogP contribution >= 0.6 is 56.7 Å². The molecule has 5 rings (SSSR count). The summed E-state index contributed by atoms with van der Waals surface area (Å²) in [6, 6.07) is 2.34. The predicted octanol–water partition coefficient (Wildman–Crippen LogP) is 7.53. The van der Waals surface area contributed by atoms with Gasteiger partial charge >= 0.3 is 0 Å². The first kappa shape index (κ1) is 12.1. The molecule has 5 heterocycles. The van der Waals surface area contributed by atoms with Crippen LogP contribution in [0.4, 0.5) is 0 Å². The van der Waals surface area contributed by atoms with Crippen molar-refractivity contribution in [1.82, 2.24) is 0 Å². The molecule has 0 nitrogen and oxygen atoms in total. The summed E-state index contributed by atoms with van der Waals surface area (Å²) >= 11 is 9.92. The van der Waals surface area contributed by atoms with Crippen LogP contribution in [0.25, 0.3) is 37.6 Å². The average Bonchev–Trinajstić information content (AvgIpc) is 3.11. The zero-order chi connectivity index (χ0) is 13.6. The zero-order valence-corrected chi connectivity index (χ0v) is 15.2. The Bertz CT molecular complexity index is 1120. The first-order valence-electron chi connectivity index (χ1n) is 6.37. The minimum Gasteiger partial charge on any atom is -0.138 e. The fourth-order valence-corrected chi connectivity index (χ4v) is 9.96. The molecule has 5 aromatic rings. The molecule has 5 heteroatoms. The Morgan fingerprint density at radius 2 is 1.20 bits per heavy atom. The Labute approximate surface area is 135 Å². The Balaban J connectivity index is 2.03. The summed E-state index contributed by atoms with van der Waals surface area (Å²) in [4.78, 5) is 2.90. The van der Waals surface area contributed by atoms with Crippen molar-refractivity contribution >= 4 is 94.3 Å². The van der Waals surface area contributed by atoms with Crippen LogP contribution in [-0.4, -0.2) is 0 Å². The maximum atomic E-state index is 2.34. The van der Waals surface area contributed by atoms with Gasteiger partial charge in [-0.1, -0.05) is 0 Å². The summed E-state index contributed by atoms with van der Waals surface area (Å²) in [5, 5.41) is 0. The third-order valence-corrected chi connectivity index (χ3v) is 10.7. The van der Waals surface area contributed by atoms with Crippen molar-refractivity contribution in [3.05, 3.63) is 21.4 Å². The molecular formula is C15H10S5. The highest BCUT2D eigenvalue weighted by molar-refractivity contribution is 7.48. The van der Waals surface area contributed by atoms with Crippen molar-refractivity contribution in [3.63, 3.8) is 0 Å². The molecule has 0 aliphatic heterocycles. The van der Waals surface area contributed by atoms with Crippen molar-refractivity contribution < 1.29 is 0 Å². The summed E-state index contributed by atoms with van der Waals surface area (Å²) in [6.07, 6.45) is 0. The summed E-state index contributed by atoms with van der Waals surface area (Å²) in [5.74, 6) is 0. The highest BCUT2D eigenvalue weighted by atomic mass is 32.1. The van der Waals surface area contributed by atoms with Crippen LogP contribution in [0, 0.1) is 20.8 Å². The molecule has 0 saturated heterocycles. The van der Waals surface area contributed by atoms with E-state index in [0.29, 0.717) is 0 Å². The number of thiophene rings is 5. The molecule has 0 atom stereocenters. The van der Waals surface area contributed by atoms with Crippen molar-refractivity contribution in [2.45, 2.75) is 20.8 Å². The summed E-state index contributed by atoms with van der Waals surface area (Å²) in [5.41, 5.74) is 1.49. The summed E-state index contributed by atoms with van der Waals surface area (Å²) in [7, 11) is 0. The van der Waals surface area contributed by atoms with Gasteiger partial charge in [-0.05, 0) is 32.4 Å². The number of aryl methyl sites for hydroxylation is 3. The van der Waals surface area contributed by atoms with Crippen LogP contribution in [0.5, 0.6) is 0 Å². The second kappa shape index (κ2) is 3.84. The van der Waals surface area contributed by atoms with E-state index < -0.39 is 0 Å². The second-order valence-corrected chi connectivity index (χ2v) is 10.7. The molecule has 0 aromatic carbocycles. The molecule has 0 fully saturated rings. The first-order chi connectivity index (χ1) is 9.63. The van der Waals surface area contributed by atoms with Crippen LogP contribution < -0.4 is 0 Å². The van der Waals surface area contributed by atoms with Crippen LogP contribution in [0.2, 0.25) is 0 Å². The minimum atomic E-state index is 1.43. The van der Waals surface area contributed by atoms with E-state index in [0.717, 1.165) is 0 Å². The van der Waals surface area contributed by atoms with E-state index in [4.69, 9.17) is 0 Å². The topological polar surface area (TPSA) is 0 Å². The molecule has 0 unspecified atom stereocenters. The smallest absolute Gasteiger partial charge is 0.0651 e. The lowest BCUT2D eigenvalue weighted by atomic mass is 10.3. The quantitative estimate of drug-likeness (QED) is 0.271. The highest BCUT2D eigenvalue weighted by Gasteiger charge is 2.20. The largest absolute Gasteiger partial charge is 0.138 e. The number of fused-ring (bicyclic) bond motifs is 7. The first-order valence-corrected chi connectivity index (χ1v) is 10.5. The third kappa shape index (κ3) is 1.35. The fraction of sp³-hybridized carbons (Fsp3) is 0.200. The van der Waals surface area contributed by atoms with Gasteiger partial charge in [0.1, 0.15) is 0 Å². The highest BCUT2D eigenvalue weighted by Crippen LogP contribution is 2.53. The van der Waals surface area contributed by atoms with Gasteiger partial charge < -0.3 is 0 Å². The van der Waals surface area contributed by atoms with Crippen molar-refractivity contribution in [3.8, 4) is 0 Å². The number of hydrogen-bond acceptors (Lipinski definition) is 5. The van der Waals surface area contributed by atoms with Gasteiger partial charge in [-0.2, -0.15) is 0 Å². The molecule has 20 heavy (non-hydrogen) atoms. The second-order valence-electron chi connectivity index (χ2n) is 5.11. The Kier molecular flexibility index (Phi) is 2.33. The van der Waals surface area contributed by atoms with Gasteiger partial charge in [-0.3, -0.25) is 0 Å². The van der Waals surface area contributed by atoms with E-state index in [1.807, 2.05) is 56.7 Å². The van der Waals surface area contributed by atoms with Gasteiger partial charge in [-0.15, -0.1) is 56.7 Å². The molecule has 100 valence electrons. The molecule has 5 aromatic heterocycles. The van der Waals surface area contributed by atoms with E-state index in [2.05, 4.69) is 26.8 Å². The van der Waals surface area contributed by atoms with Crippen molar-refractivity contribution in [2.75, 3.05) is 0 Å². The lowest BCUT2D eigenvalue weighted by molar-refractivity contribution is 1.48. The molecule has 0 saturated carbocycles. The maximum Gasteiger partial charge on any atom is 0.0651 e. The molecule has 0 radical (unpaired) electrons. The Morgan fingerprint density at radius 1 is 0.600 bits per heavy atom. The van der Waals surface area contributed by atoms with Crippen LogP contribution in [0.3, 0.4) is 0 Å². The zero-order valence-electron chi connectivity index (χ0n) is 11.1. The van der Waals surface area contributed by atoms with Gasteiger partial charge in [-0.25, -0.2) is 0 Å². The van der Waals surface area contributed by atoms with E-state index >= 15 is 0 Å². The average molecular weight is 351 g/mol. The molecular weight excluding hydrogens is 340 g/mol. The molecule has 0 bridgehead atoms. The predicted molar refractivity (Wildman–Crippen MR) is 100 cm³/mol. The standard InChI is InChI=1S/C15H10S5/c1-5-4-8-10(16-5)12-13(18-8)15-14(20-12)11-9(19-15)6(2)7(3)17-11/h4H,1-3H3. The number of hydrogen-bond donors (Lipinski definition) is 0. The SMILES string of the molecule is Cc1cc2sc3c(sc4c5sc(C)c(C)c5sc43)c2s1. The minimum absolute atomic E-state index is 1.43. The van der Waals surface area contributed by atoms with Crippen LogP contribution in [0.1, 0.15) is 15.3 Å². The van der Waals surface area contributed by atoms with Gasteiger partial charge in [0.2, 0.25) is 0 Å². The molecule has 0 amide bonds. The van der Waals surface area contributed by atoms with E-state index in [-0.39, 0.29) is 0 Å². The van der Waals surface area contributed by atoms with E-state index in [1.54, 1.807) is 0 Å². The molecule has 0 aliphatic rings. The summed E-state index contributed by atoms with van der Waals surface area (Å²) in [6.45, 7) is 6.72. The maximum absolute atomic E-state index is 2.34. The number of rotatable bonds is 0. The van der Waals surface area contributed by atoms with Crippen molar-refractivity contribution in [1.29, 1.82) is 0 Å². The monoisotopic (exact) mass is 350 g/mol. The van der Waals surface area contributed by atoms with Gasteiger partial charge in [0.05, 0.1) is 32.9 Å². The lowest BCUT2D eigenvalue weighted by Gasteiger charge is -1.85. The fourth-order valence-electron chi connectivity index (χ4n) is 2.70. The van der Waals surface area contributed by atoms with Crippen molar-refractivity contribution in [2.24, 2.45) is 0 Å².